The second-order valence-electron chi connectivity index (χ2n) is 4.30. The molecule has 1 aliphatic rings. The number of pyridine rings is 1. The van der Waals surface area contributed by atoms with Gasteiger partial charge in [0.05, 0.1) is 13.2 Å². The van der Waals surface area contributed by atoms with Crippen LogP contribution in [-0.4, -0.2) is 31.3 Å². The first-order valence-electron chi connectivity index (χ1n) is 6.19. The molecule has 3 rings (SSSR count). The van der Waals surface area contributed by atoms with Gasteiger partial charge < -0.3 is 9.64 Å². The van der Waals surface area contributed by atoms with Crippen LogP contribution in [0, 0.1) is 6.07 Å². The van der Waals surface area contributed by atoms with Gasteiger partial charge in [0.15, 0.2) is 0 Å². The van der Waals surface area contributed by atoms with Crippen molar-refractivity contribution in [1.82, 2.24) is 4.98 Å². The van der Waals surface area contributed by atoms with Crippen LogP contribution in [0.5, 0.6) is 0 Å². The van der Waals surface area contributed by atoms with E-state index in [0.717, 1.165) is 43.2 Å². The van der Waals surface area contributed by atoms with Crippen LogP contribution < -0.4 is 4.90 Å². The lowest BCUT2D eigenvalue weighted by Crippen LogP contribution is -2.36. The van der Waals surface area contributed by atoms with Gasteiger partial charge in [-0.25, -0.2) is 4.98 Å². The van der Waals surface area contributed by atoms with Crippen molar-refractivity contribution >= 4 is 5.82 Å². The fraction of sp³-hybridized carbons (Fsp3) is 0.267. The van der Waals surface area contributed by atoms with E-state index in [4.69, 9.17) is 4.74 Å². The summed E-state index contributed by atoms with van der Waals surface area (Å²) in [5.41, 5.74) is 2.28. The van der Waals surface area contributed by atoms with E-state index < -0.39 is 0 Å². The van der Waals surface area contributed by atoms with Gasteiger partial charge in [0.2, 0.25) is 0 Å². The van der Waals surface area contributed by atoms with Gasteiger partial charge in [-0.1, -0.05) is 18.2 Å². The van der Waals surface area contributed by atoms with E-state index >= 15 is 0 Å². The Bertz CT molecular complexity index is 490. The predicted molar refractivity (Wildman–Crippen MR) is 71.5 cm³/mol. The molecule has 0 amide bonds. The highest BCUT2D eigenvalue weighted by molar-refractivity contribution is 5.63. The molecule has 0 saturated carbocycles. The van der Waals surface area contributed by atoms with Gasteiger partial charge in [-0.15, -0.1) is 0 Å². The Morgan fingerprint density at radius 1 is 1.11 bits per heavy atom. The molecule has 2 heterocycles. The number of morpholine rings is 1. The summed E-state index contributed by atoms with van der Waals surface area (Å²) in [5, 5.41) is 0. The van der Waals surface area contributed by atoms with Crippen molar-refractivity contribution < 1.29 is 4.74 Å². The van der Waals surface area contributed by atoms with E-state index in [0.29, 0.717) is 0 Å². The van der Waals surface area contributed by atoms with E-state index in [1.165, 1.54) is 0 Å². The molecule has 0 bridgehead atoms. The van der Waals surface area contributed by atoms with E-state index in [9.17, 15) is 0 Å². The second-order valence-corrected chi connectivity index (χ2v) is 4.30. The number of hydrogen-bond donors (Lipinski definition) is 0. The van der Waals surface area contributed by atoms with Crippen LogP contribution in [0.15, 0.2) is 42.6 Å². The molecule has 0 unspecified atom stereocenters. The smallest absolute Gasteiger partial charge is 0.128 e. The molecule has 0 spiro atoms. The van der Waals surface area contributed by atoms with Crippen molar-refractivity contribution in [2.75, 3.05) is 31.2 Å². The minimum absolute atomic E-state index is 0.789. The van der Waals surface area contributed by atoms with Crippen LogP contribution >= 0.6 is 0 Å². The third-order valence-corrected chi connectivity index (χ3v) is 3.12. The van der Waals surface area contributed by atoms with Gasteiger partial charge >= 0.3 is 0 Å². The fourth-order valence-electron chi connectivity index (χ4n) is 2.11. The molecule has 3 nitrogen and oxygen atoms in total. The monoisotopic (exact) mass is 239 g/mol. The highest BCUT2D eigenvalue weighted by atomic mass is 16.5. The van der Waals surface area contributed by atoms with Gasteiger partial charge in [-0.2, -0.15) is 0 Å². The van der Waals surface area contributed by atoms with Crippen LogP contribution in [0.25, 0.3) is 11.1 Å². The Labute approximate surface area is 107 Å². The van der Waals surface area contributed by atoms with Crippen molar-refractivity contribution in [3.63, 3.8) is 0 Å². The number of ether oxygens (including phenoxy) is 1. The maximum absolute atomic E-state index is 5.34. The fourth-order valence-corrected chi connectivity index (χ4v) is 2.11. The van der Waals surface area contributed by atoms with E-state index in [1.807, 2.05) is 24.4 Å². The lowest BCUT2D eigenvalue weighted by atomic mass is 10.1. The molecule has 1 fully saturated rings. The standard InChI is InChI=1S/C15H15N2O/c1-2-4-13(5-3-1)14-6-7-15(16-12-14)17-8-10-18-11-9-17/h1-2,4-7,12H,8-11H2. The molecule has 0 aliphatic carbocycles. The Morgan fingerprint density at radius 3 is 2.67 bits per heavy atom. The molecule has 1 aromatic heterocycles. The normalized spacial score (nSPS) is 15.7. The number of benzene rings is 1. The molecular formula is C15H15N2O. The van der Waals surface area contributed by atoms with Crippen LogP contribution in [0.2, 0.25) is 0 Å². The zero-order valence-corrected chi connectivity index (χ0v) is 10.2. The molecule has 0 atom stereocenters. The summed E-state index contributed by atoms with van der Waals surface area (Å²) < 4.78 is 5.34. The van der Waals surface area contributed by atoms with Crippen molar-refractivity contribution in [2.24, 2.45) is 0 Å². The summed E-state index contributed by atoms with van der Waals surface area (Å²) in [4.78, 5) is 6.79. The quantitative estimate of drug-likeness (QED) is 0.804. The maximum atomic E-state index is 5.34. The summed E-state index contributed by atoms with van der Waals surface area (Å²) in [6, 6.07) is 15.2. The molecule has 2 aromatic rings. The van der Waals surface area contributed by atoms with Gasteiger partial charge in [0, 0.05) is 24.8 Å². The van der Waals surface area contributed by atoms with Crippen molar-refractivity contribution in [2.45, 2.75) is 0 Å². The largest absolute Gasteiger partial charge is 0.378 e. The average molecular weight is 239 g/mol. The van der Waals surface area contributed by atoms with Gasteiger partial charge in [0.1, 0.15) is 5.82 Å². The summed E-state index contributed by atoms with van der Waals surface area (Å²) in [6.07, 6.45) is 1.92. The zero-order chi connectivity index (χ0) is 12.2. The summed E-state index contributed by atoms with van der Waals surface area (Å²) in [5.74, 6) is 1.03. The van der Waals surface area contributed by atoms with Crippen LogP contribution in [0.1, 0.15) is 0 Å². The summed E-state index contributed by atoms with van der Waals surface area (Å²) >= 11 is 0. The first-order valence-corrected chi connectivity index (χ1v) is 6.19. The maximum Gasteiger partial charge on any atom is 0.128 e. The molecule has 0 N–H and O–H groups in total. The number of aromatic nitrogens is 1. The first-order chi connectivity index (χ1) is 8.93. The van der Waals surface area contributed by atoms with Crippen LogP contribution in [0.3, 0.4) is 0 Å². The lowest BCUT2D eigenvalue weighted by molar-refractivity contribution is 0.122. The SMILES string of the molecule is [c]1cccc(-c2ccc(N3CCOCC3)nc2)c1. The lowest BCUT2D eigenvalue weighted by Gasteiger charge is -2.27. The van der Waals surface area contributed by atoms with Crippen LogP contribution in [-0.2, 0) is 4.74 Å². The molecule has 1 saturated heterocycles. The van der Waals surface area contributed by atoms with Crippen molar-refractivity contribution in [3.8, 4) is 11.1 Å². The summed E-state index contributed by atoms with van der Waals surface area (Å²) in [6.45, 7) is 3.42. The average Bonchev–Trinajstić information content (AvgIpc) is 2.49. The van der Waals surface area contributed by atoms with Crippen molar-refractivity contribution in [3.05, 3.63) is 48.7 Å². The van der Waals surface area contributed by atoms with E-state index in [2.05, 4.69) is 34.1 Å². The molecule has 1 aromatic carbocycles. The molecule has 3 heteroatoms. The topological polar surface area (TPSA) is 25.4 Å². The highest BCUT2D eigenvalue weighted by Gasteiger charge is 2.11. The molecule has 1 radical (unpaired) electrons. The van der Waals surface area contributed by atoms with Crippen molar-refractivity contribution in [1.29, 1.82) is 0 Å². The first kappa shape index (κ1) is 11.2. The number of nitrogens with zero attached hydrogens (tertiary/aromatic N) is 2. The molecule has 91 valence electrons. The minimum atomic E-state index is 0.789. The van der Waals surface area contributed by atoms with Gasteiger partial charge in [0.25, 0.3) is 0 Å². The molecule has 18 heavy (non-hydrogen) atoms. The molecular weight excluding hydrogens is 224 g/mol. The number of rotatable bonds is 2. The number of hydrogen-bond acceptors (Lipinski definition) is 3. The third kappa shape index (κ3) is 2.36. The van der Waals surface area contributed by atoms with Gasteiger partial charge in [-0.05, 0) is 29.8 Å². The van der Waals surface area contributed by atoms with Gasteiger partial charge in [-0.3, -0.25) is 0 Å². The zero-order valence-electron chi connectivity index (χ0n) is 10.2. The Hall–Kier alpha value is -1.87. The minimum Gasteiger partial charge on any atom is -0.378 e. The Morgan fingerprint density at radius 2 is 2.00 bits per heavy atom. The third-order valence-electron chi connectivity index (χ3n) is 3.12. The summed E-state index contributed by atoms with van der Waals surface area (Å²) in [7, 11) is 0. The van der Waals surface area contributed by atoms with E-state index in [-0.39, 0.29) is 0 Å². The second kappa shape index (κ2) is 5.19. The highest BCUT2D eigenvalue weighted by Crippen LogP contribution is 2.20. The predicted octanol–water partition coefficient (Wildman–Crippen LogP) is 2.39. The number of anilines is 1. The van der Waals surface area contributed by atoms with Crippen LogP contribution in [0.4, 0.5) is 5.82 Å². The molecule has 1 aliphatic heterocycles. The Kier molecular flexibility index (Phi) is 3.24. The Balaban J connectivity index is 1.80. The van der Waals surface area contributed by atoms with E-state index in [1.54, 1.807) is 0 Å².